The summed E-state index contributed by atoms with van der Waals surface area (Å²) in [5.74, 6) is 0.686. The van der Waals surface area contributed by atoms with Crippen LogP contribution in [0, 0.1) is 5.82 Å². The molecule has 1 atom stereocenters. The Balaban J connectivity index is 1.96. The van der Waals surface area contributed by atoms with Crippen molar-refractivity contribution in [3.05, 3.63) is 29.6 Å². The van der Waals surface area contributed by atoms with Crippen molar-refractivity contribution in [3.63, 3.8) is 0 Å². The molecule has 3 rings (SSSR count). The largest absolute Gasteiger partial charge is 0.485 e. The van der Waals surface area contributed by atoms with Crippen LogP contribution >= 0.6 is 0 Å². The number of hydrogen-bond acceptors (Lipinski definition) is 2. The summed E-state index contributed by atoms with van der Waals surface area (Å²) in [6.07, 6.45) is 1.86. The summed E-state index contributed by atoms with van der Waals surface area (Å²) in [7, 11) is 0. The number of halogens is 1. The van der Waals surface area contributed by atoms with Gasteiger partial charge in [-0.1, -0.05) is 0 Å². The SMILES string of the molecule is Fc1ccc2c(c1)CC1(CCNC1)O2. The van der Waals surface area contributed by atoms with Crippen LogP contribution in [0.3, 0.4) is 0 Å². The van der Waals surface area contributed by atoms with Crippen LogP contribution in [0.4, 0.5) is 4.39 Å². The molecule has 0 aliphatic carbocycles. The fraction of sp³-hybridized carbons (Fsp3) is 0.455. The first kappa shape index (κ1) is 8.24. The van der Waals surface area contributed by atoms with Crippen molar-refractivity contribution < 1.29 is 9.13 Å². The lowest BCUT2D eigenvalue weighted by Crippen LogP contribution is -2.36. The second-order valence-corrected chi connectivity index (χ2v) is 4.14. The van der Waals surface area contributed by atoms with Crippen LogP contribution in [0.25, 0.3) is 0 Å². The van der Waals surface area contributed by atoms with Gasteiger partial charge in [0.2, 0.25) is 0 Å². The van der Waals surface area contributed by atoms with E-state index >= 15 is 0 Å². The molecule has 0 amide bonds. The van der Waals surface area contributed by atoms with Gasteiger partial charge in [0.05, 0.1) is 0 Å². The van der Waals surface area contributed by atoms with Crippen molar-refractivity contribution in [1.82, 2.24) is 5.32 Å². The average Bonchev–Trinajstić information content (AvgIpc) is 2.72. The van der Waals surface area contributed by atoms with E-state index in [-0.39, 0.29) is 11.4 Å². The van der Waals surface area contributed by atoms with E-state index in [2.05, 4.69) is 5.32 Å². The van der Waals surface area contributed by atoms with Gasteiger partial charge in [0.15, 0.2) is 0 Å². The highest BCUT2D eigenvalue weighted by Crippen LogP contribution is 2.38. The molecule has 3 heteroatoms. The third kappa shape index (κ3) is 1.12. The normalized spacial score (nSPS) is 29.2. The van der Waals surface area contributed by atoms with Crippen LogP contribution in [-0.4, -0.2) is 18.7 Å². The molecule has 2 nitrogen and oxygen atoms in total. The lowest BCUT2D eigenvalue weighted by Gasteiger charge is -2.21. The van der Waals surface area contributed by atoms with Gasteiger partial charge in [-0.25, -0.2) is 4.39 Å². The Bertz CT molecular complexity index is 372. The van der Waals surface area contributed by atoms with Crippen molar-refractivity contribution in [2.24, 2.45) is 0 Å². The Morgan fingerprint density at radius 2 is 2.36 bits per heavy atom. The lowest BCUT2D eigenvalue weighted by molar-refractivity contribution is 0.118. The third-order valence-corrected chi connectivity index (χ3v) is 3.07. The number of nitrogens with one attached hydrogen (secondary N) is 1. The summed E-state index contributed by atoms with van der Waals surface area (Å²) in [5, 5.41) is 3.29. The minimum atomic E-state index is -0.171. The van der Waals surface area contributed by atoms with Gasteiger partial charge < -0.3 is 10.1 Å². The van der Waals surface area contributed by atoms with Crippen molar-refractivity contribution in [3.8, 4) is 5.75 Å². The van der Waals surface area contributed by atoms with Crippen molar-refractivity contribution in [2.45, 2.75) is 18.4 Å². The van der Waals surface area contributed by atoms with Gasteiger partial charge in [-0.2, -0.15) is 0 Å². The van der Waals surface area contributed by atoms with E-state index in [0.717, 1.165) is 37.2 Å². The zero-order valence-electron chi connectivity index (χ0n) is 7.85. The topological polar surface area (TPSA) is 21.3 Å². The van der Waals surface area contributed by atoms with Gasteiger partial charge in [-0.05, 0) is 24.7 Å². The molecule has 2 aliphatic heterocycles. The van der Waals surface area contributed by atoms with Gasteiger partial charge >= 0.3 is 0 Å². The van der Waals surface area contributed by atoms with Crippen LogP contribution < -0.4 is 10.1 Å². The minimum Gasteiger partial charge on any atom is -0.485 e. The van der Waals surface area contributed by atoms with Gasteiger partial charge in [0, 0.05) is 24.9 Å². The van der Waals surface area contributed by atoms with Crippen molar-refractivity contribution >= 4 is 0 Å². The Hall–Kier alpha value is -1.09. The molecular weight excluding hydrogens is 181 g/mol. The van der Waals surface area contributed by atoms with Crippen molar-refractivity contribution in [2.75, 3.05) is 13.1 Å². The quantitative estimate of drug-likeness (QED) is 0.674. The fourth-order valence-electron chi connectivity index (χ4n) is 2.36. The first-order valence-electron chi connectivity index (χ1n) is 4.96. The maximum Gasteiger partial charge on any atom is 0.127 e. The molecule has 0 bridgehead atoms. The van der Waals surface area contributed by atoms with E-state index in [0.29, 0.717) is 0 Å². The molecule has 74 valence electrons. The monoisotopic (exact) mass is 193 g/mol. The molecular formula is C11H12FNO. The van der Waals surface area contributed by atoms with E-state index in [4.69, 9.17) is 4.74 Å². The number of rotatable bonds is 0. The molecule has 1 fully saturated rings. The molecule has 0 radical (unpaired) electrons. The first-order valence-corrected chi connectivity index (χ1v) is 4.96. The van der Waals surface area contributed by atoms with Crippen LogP contribution in [0.1, 0.15) is 12.0 Å². The summed E-state index contributed by atoms with van der Waals surface area (Å²) in [6.45, 7) is 1.87. The Labute approximate surface area is 82.1 Å². The maximum atomic E-state index is 13.0. The van der Waals surface area contributed by atoms with Crippen LogP contribution in [0.5, 0.6) is 5.75 Å². The molecule has 1 aromatic carbocycles. The first-order chi connectivity index (χ1) is 6.77. The van der Waals surface area contributed by atoms with Crippen LogP contribution in [-0.2, 0) is 6.42 Å². The van der Waals surface area contributed by atoms with E-state index < -0.39 is 0 Å². The summed E-state index contributed by atoms with van der Waals surface area (Å²) in [4.78, 5) is 0. The van der Waals surface area contributed by atoms with Gasteiger partial charge in [-0.15, -0.1) is 0 Å². The van der Waals surface area contributed by atoms with E-state index in [1.165, 1.54) is 6.07 Å². The number of benzene rings is 1. The highest BCUT2D eigenvalue weighted by atomic mass is 19.1. The van der Waals surface area contributed by atoms with E-state index in [9.17, 15) is 4.39 Å². The molecule has 14 heavy (non-hydrogen) atoms. The summed E-state index contributed by atoms with van der Waals surface area (Å²) in [5.41, 5.74) is 0.921. The van der Waals surface area contributed by atoms with E-state index in [1.54, 1.807) is 12.1 Å². The fourth-order valence-corrected chi connectivity index (χ4v) is 2.36. The molecule has 1 saturated heterocycles. The predicted molar refractivity (Wildman–Crippen MR) is 50.9 cm³/mol. The molecule has 0 aromatic heterocycles. The zero-order valence-corrected chi connectivity index (χ0v) is 7.85. The molecule has 2 aliphatic rings. The third-order valence-electron chi connectivity index (χ3n) is 3.07. The molecule has 0 saturated carbocycles. The number of hydrogen-bond donors (Lipinski definition) is 1. The Morgan fingerprint density at radius 1 is 1.43 bits per heavy atom. The van der Waals surface area contributed by atoms with Gasteiger partial charge in [0.25, 0.3) is 0 Å². The molecule has 1 N–H and O–H groups in total. The Kier molecular flexibility index (Phi) is 1.59. The highest BCUT2D eigenvalue weighted by molar-refractivity contribution is 5.40. The maximum absolute atomic E-state index is 13.0. The second kappa shape index (κ2) is 2.70. The highest BCUT2D eigenvalue weighted by Gasteiger charge is 2.41. The van der Waals surface area contributed by atoms with E-state index in [1.807, 2.05) is 0 Å². The lowest BCUT2D eigenvalue weighted by atomic mass is 9.96. The predicted octanol–water partition coefficient (Wildman–Crippen LogP) is 1.49. The Morgan fingerprint density at radius 3 is 3.14 bits per heavy atom. The zero-order chi connectivity index (χ0) is 9.60. The smallest absolute Gasteiger partial charge is 0.127 e. The van der Waals surface area contributed by atoms with Gasteiger partial charge in [0.1, 0.15) is 17.2 Å². The summed E-state index contributed by atoms with van der Waals surface area (Å²) < 4.78 is 18.8. The molecule has 1 aromatic rings. The molecule has 1 spiro atoms. The average molecular weight is 193 g/mol. The minimum absolute atomic E-state index is 0.0872. The van der Waals surface area contributed by atoms with Crippen molar-refractivity contribution in [1.29, 1.82) is 0 Å². The second-order valence-electron chi connectivity index (χ2n) is 4.14. The summed E-state index contributed by atoms with van der Waals surface area (Å²) in [6, 6.07) is 4.78. The van der Waals surface area contributed by atoms with Crippen LogP contribution in [0.2, 0.25) is 0 Å². The summed E-state index contributed by atoms with van der Waals surface area (Å²) >= 11 is 0. The standard InChI is InChI=1S/C11H12FNO/c12-9-1-2-10-8(5-9)6-11(14-10)3-4-13-7-11/h1-2,5,13H,3-4,6-7H2. The molecule has 2 heterocycles. The van der Waals surface area contributed by atoms with Crippen LogP contribution in [0.15, 0.2) is 18.2 Å². The molecule has 1 unspecified atom stereocenters. The number of fused-ring (bicyclic) bond motifs is 1. The van der Waals surface area contributed by atoms with Gasteiger partial charge in [-0.3, -0.25) is 0 Å². The number of ether oxygens (including phenoxy) is 1.